The van der Waals surface area contributed by atoms with Crippen molar-refractivity contribution in [2.24, 2.45) is 5.92 Å². The molecule has 1 fully saturated rings. The van der Waals surface area contributed by atoms with Gasteiger partial charge in [0.05, 0.1) is 12.3 Å². The molecule has 0 aromatic heterocycles. The van der Waals surface area contributed by atoms with Crippen molar-refractivity contribution in [3.8, 4) is 0 Å². The number of nitrogens with one attached hydrogen (secondary N) is 1. The van der Waals surface area contributed by atoms with Crippen LogP contribution in [-0.4, -0.2) is 23.0 Å². The molecule has 2 N–H and O–H groups in total. The molecule has 0 atom stereocenters. The van der Waals surface area contributed by atoms with Crippen molar-refractivity contribution >= 4 is 23.5 Å². The number of carboxylic acid groups (broad SMARTS) is 1. The van der Waals surface area contributed by atoms with Crippen LogP contribution in [0.2, 0.25) is 5.02 Å². The summed E-state index contributed by atoms with van der Waals surface area (Å²) in [5, 5.41) is 12.5. The molecule has 20 heavy (non-hydrogen) atoms. The van der Waals surface area contributed by atoms with Crippen LogP contribution in [0, 0.1) is 5.92 Å². The highest BCUT2D eigenvalue weighted by Gasteiger charge is 2.26. The third-order valence-corrected chi connectivity index (χ3v) is 4.12. The number of amides is 1. The third kappa shape index (κ3) is 3.97. The molecule has 108 valence electrons. The number of halogens is 1. The predicted molar refractivity (Wildman–Crippen MR) is 76.7 cm³/mol. The van der Waals surface area contributed by atoms with Crippen LogP contribution in [0.5, 0.6) is 0 Å². The van der Waals surface area contributed by atoms with Gasteiger partial charge in [0.1, 0.15) is 0 Å². The molecular weight excluding hydrogens is 278 g/mol. The van der Waals surface area contributed by atoms with Gasteiger partial charge in [0.15, 0.2) is 0 Å². The summed E-state index contributed by atoms with van der Waals surface area (Å²) in [4.78, 5) is 22.8. The highest BCUT2D eigenvalue weighted by molar-refractivity contribution is 6.31. The molecule has 0 heterocycles. The zero-order chi connectivity index (χ0) is 14.5. The van der Waals surface area contributed by atoms with Gasteiger partial charge in [0.25, 0.3) is 0 Å². The topological polar surface area (TPSA) is 66.4 Å². The van der Waals surface area contributed by atoms with E-state index in [4.69, 9.17) is 16.7 Å². The van der Waals surface area contributed by atoms with Crippen molar-refractivity contribution in [1.82, 2.24) is 5.32 Å². The first-order valence-corrected chi connectivity index (χ1v) is 7.19. The SMILES string of the molecule is O=C(Cc1ccccc1Cl)NC1CCC(C(=O)O)CC1. The molecule has 5 heteroatoms. The normalized spacial score (nSPS) is 22.2. The maximum absolute atomic E-state index is 12.0. The van der Waals surface area contributed by atoms with E-state index in [0.29, 0.717) is 17.9 Å². The Morgan fingerprint density at radius 3 is 2.45 bits per heavy atom. The number of hydrogen-bond donors (Lipinski definition) is 2. The van der Waals surface area contributed by atoms with Crippen molar-refractivity contribution in [1.29, 1.82) is 0 Å². The first kappa shape index (κ1) is 14.9. The molecule has 1 aromatic rings. The second-order valence-corrected chi connectivity index (χ2v) is 5.63. The van der Waals surface area contributed by atoms with Crippen LogP contribution >= 0.6 is 11.6 Å². The molecule has 1 aromatic carbocycles. The van der Waals surface area contributed by atoms with E-state index >= 15 is 0 Å². The Labute approximate surface area is 123 Å². The van der Waals surface area contributed by atoms with Gasteiger partial charge in [-0.15, -0.1) is 0 Å². The molecule has 0 saturated heterocycles. The summed E-state index contributed by atoms with van der Waals surface area (Å²) in [7, 11) is 0. The lowest BCUT2D eigenvalue weighted by Gasteiger charge is -2.26. The Hall–Kier alpha value is -1.55. The summed E-state index contributed by atoms with van der Waals surface area (Å²) < 4.78 is 0. The molecular formula is C15H18ClNO3. The summed E-state index contributed by atoms with van der Waals surface area (Å²) in [5.74, 6) is -1.05. The minimum Gasteiger partial charge on any atom is -0.481 e. The van der Waals surface area contributed by atoms with Gasteiger partial charge in [0, 0.05) is 11.1 Å². The lowest BCUT2D eigenvalue weighted by atomic mass is 9.86. The number of carbonyl (C=O) groups is 2. The molecule has 1 amide bonds. The van der Waals surface area contributed by atoms with Crippen LogP contribution in [0.4, 0.5) is 0 Å². The van der Waals surface area contributed by atoms with Crippen LogP contribution in [0.1, 0.15) is 31.2 Å². The zero-order valence-corrected chi connectivity index (χ0v) is 11.9. The van der Waals surface area contributed by atoms with E-state index in [2.05, 4.69) is 5.32 Å². The number of benzene rings is 1. The molecule has 0 radical (unpaired) electrons. The first-order chi connectivity index (χ1) is 9.56. The first-order valence-electron chi connectivity index (χ1n) is 6.82. The highest BCUT2D eigenvalue weighted by Crippen LogP contribution is 2.24. The summed E-state index contributed by atoms with van der Waals surface area (Å²) >= 11 is 6.02. The summed E-state index contributed by atoms with van der Waals surface area (Å²) in [6, 6.07) is 7.37. The second-order valence-electron chi connectivity index (χ2n) is 5.22. The van der Waals surface area contributed by atoms with Crippen LogP contribution in [-0.2, 0) is 16.0 Å². The minimum atomic E-state index is -0.731. The fourth-order valence-corrected chi connectivity index (χ4v) is 2.78. The van der Waals surface area contributed by atoms with Crippen LogP contribution in [0.3, 0.4) is 0 Å². The molecule has 1 aliphatic rings. The van der Waals surface area contributed by atoms with Crippen LogP contribution in [0.15, 0.2) is 24.3 Å². The number of rotatable bonds is 4. The summed E-state index contributed by atoms with van der Waals surface area (Å²) in [5.41, 5.74) is 0.811. The molecule has 1 saturated carbocycles. The van der Waals surface area contributed by atoms with Crippen LogP contribution in [0.25, 0.3) is 0 Å². The van der Waals surface area contributed by atoms with Crippen molar-refractivity contribution in [3.63, 3.8) is 0 Å². The van der Waals surface area contributed by atoms with Gasteiger partial charge in [-0.3, -0.25) is 9.59 Å². The number of carbonyl (C=O) groups excluding carboxylic acids is 1. The van der Waals surface area contributed by atoms with Gasteiger partial charge in [0.2, 0.25) is 5.91 Å². The fourth-order valence-electron chi connectivity index (χ4n) is 2.58. The summed E-state index contributed by atoms with van der Waals surface area (Å²) in [6.45, 7) is 0. The van der Waals surface area contributed by atoms with E-state index in [9.17, 15) is 9.59 Å². The molecule has 4 nitrogen and oxygen atoms in total. The third-order valence-electron chi connectivity index (χ3n) is 3.75. The van der Waals surface area contributed by atoms with Gasteiger partial charge >= 0.3 is 5.97 Å². The van der Waals surface area contributed by atoms with Gasteiger partial charge in [-0.1, -0.05) is 29.8 Å². The smallest absolute Gasteiger partial charge is 0.306 e. The number of aliphatic carboxylic acids is 1. The molecule has 1 aliphatic carbocycles. The quantitative estimate of drug-likeness (QED) is 0.897. The average Bonchev–Trinajstić information content (AvgIpc) is 2.42. The molecule has 2 rings (SSSR count). The van der Waals surface area contributed by atoms with Crippen molar-refractivity contribution in [2.75, 3.05) is 0 Å². The minimum absolute atomic E-state index is 0.0584. The predicted octanol–water partition coefficient (Wildman–Crippen LogP) is 2.64. The van der Waals surface area contributed by atoms with E-state index in [1.54, 1.807) is 6.07 Å². The Kier molecular flexibility index (Phi) is 5.01. The maximum atomic E-state index is 12.0. The van der Waals surface area contributed by atoms with E-state index in [1.807, 2.05) is 18.2 Å². The van der Waals surface area contributed by atoms with Gasteiger partial charge in [-0.25, -0.2) is 0 Å². The van der Waals surface area contributed by atoms with E-state index < -0.39 is 5.97 Å². The van der Waals surface area contributed by atoms with Crippen molar-refractivity contribution in [2.45, 2.75) is 38.1 Å². The average molecular weight is 296 g/mol. The Morgan fingerprint density at radius 1 is 1.20 bits per heavy atom. The Bertz CT molecular complexity index is 496. The Morgan fingerprint density at radius 2 is 1.85 bits per heavy atom. The van der Waals surface area contributed by atoms with Gasteiger partial charge in [-0.05, 0) is 37.3 Å². The van der Waals surface area contributed by atoms with E-state index in [1.165, 1.54) is 0 Å². The summed E-state index contributed by atoms with van der Waals surface area (Å²) in [6.07, 6.45) is 2.98. The molecule has 0 bridgehead atoms. The standard InChI is InChI=1S/C15H18ClNO3/c16-13-4-2-1-3-11(13)9-14(18)17-12-7-5-10(6-8-12)15(19)20/h1-4,10,12H,5-9H2,(H,17,18)(H,19,20). The van der Waals surface area contributed by atoms with Crippen molar-refractivity contribution < 1.29 is 14.7 Å². The molecule has 0 unspecified atom stereocenters. The van der Waals surface area contributed by atoms with Crippen molar-refractivity contribution in [3.05, 3.63) is 34.9 Å². The van der Waals surface area contributed by atoms with Crippen LogP contribution < -0.4 is 5.32 Å². The van der Waals surface area contributed by atoms with E-state index in [-0.39, 0.29) is 24.3 Å². The lowest BCUT2D eigenvalue weighted by Crippen LogP contribution is -2.39. The van der Waals surface area contributed by atoms with Gasteiger partial charge in [-0.2, -0.15) is 0 Å². The molecule has 0 aliphatic heterocycles. The maximum Gasteiger partial charge on any atom is 0.306 e. The van der Waals surface area contributed by atoms with E-state index in [0.717, 1.165) is 18.4 Å². The Balaban J connectivity index is 1.81. The zero-order valence-electron chi connectivity index (χ0n) is 11.1. The largest absolute Gasteiger partial charge is 0.481 e. The molecule has 0 spiro atoms. The highest BCUT2D eigenvalue weighted by atomic mass is 35.5. The van der Waals surface area contributed by atoms with Gasteiger partial charge < -0.3 is 10.4 Å². The fraction of sp³-hybridized carbons (Fsp3) is 0.467. The number of hydrogen-bond acceptors (Lipinski definition) is 2. The lowest BCUT2D eigenvalue weighted by molar-refractivity contribution is -0.142. The number of carboxylic acids is 1. The monoisotopic (exact) mass is 295 g/mol. The second kappa shape index (κ2) is 6.75.